The fourth-order valence-corrected chi connectivity index (χ4v) is 5.15. The number of carbonyl (C=O) groups excluding carboxylic acids is 3. The van der Waals surface area contributed by atoms with Crippen molar-refractivity contribution in [3.05, 3.63) is 54.1 Å². The van der Waals surface area contributed by atoms with Gasteiger partial charge in [0.25, 0.3) is 0 Å². The number of fused-ring (bicyclic) bond motifs is 5. The number of hydrogen-bond acceptors (Lipinski definition) is 7. The SMILES string of the molecule is COCCn1nnc2c1-c1ccccc1CN(C(=O)CCC(=O)NCCC(C)(C)OCCC(C)(C)C(C)=O)c1ccccc1-2. The highest BCUT2D eigenvalue weighted by Gasteiger charge is 2.29. The van der Waals surface area contributed by atoms with Gasteiger partial charge in [-0.25, -0.2) is 4.68 Å². The maximum Gasteiger partial charge on any atom is 0.227 e. The predicted octanol–water partition coefficient (Wildman–Crippen LogP) is 5.19. The summed E-state index contributed by atoms with van der Waals surface area (Å²) >= 11 is 0. The molecule has 44 heavy (non-hydrogen) atoms. The minimum absolute atomic E-state index is 0.0652. The largest absolute Gasteiger partial charge is 0.383 e. The average Bonchev–Trinajstić information content (AvgIpc) is 3.39. The predicted molar refractivity (Wildman–Crippen MR) is 170 cm³/mol. The molecule has 2 amide bonds. The van der Waals surface area contributed by atoms with Gasteiger partial charge in [0, 0.05) is 49.6 Å². The standard InChI is InChI=1S/C34H45N5O5/c1-24(40)33(2,3)18-21-44-34(4,5)17-19-35-29(41)15-16-30(42)38-23-25-11-7-8-12-26(25)32-31(27-13-9-10-14-28(27)38)36-37-39(32)20-22-43-6/h7-14H,15-23H2,1-6H3,(H,35,41). The fraction of sp³-hybridized carbons (Fsp3) is 0.500. The molecule has 0 fully saturated rings. The Morgan fingerprint density at radius 2 is 1.64 bits per heavy atom. The van der Waals surface area contributed by atoms with Gasteiger partial charge in [-0.05, 0) is 45.2 Å². The number of methoxy groups -OCH3 is 1. The van der Waals surface area contributed by atoms with Crippen LogP contribution in [0.25, 0.3) is 22.5 Å². The Morgan fingerprint density at radius 1 is 0.932 bits per heavy atom. The van der Waals surface area contributed by atoms with Crippen LogP contribution in [0.3, 0.4) is 0 Å². The molecule has 236 valence electrons. The summed E-state index contributed by atoms with van der Waals surface area (Å²) < 4.78 is 13.2. The zero-order chi connectivity index (χ0) is 31.9. The maximum atomic E-state index is 13.7. The van der Waals surface area contributed by atoms with E-state index in [2.05, 4.69) is 15.6 Å². The zero-order valence-corrected chi connectivity index (χ0v) is 26.8. The molecule has 1 aromatic heterocycles. The number of anilines is 1. The molecular weight excluding hydrogens is 558 g/mol. The van der Waals surface area contributed by atoms with Crippen molar-refractivity contribution in [3.63, 3.8) is 0 Å². The van der Waals surface area contributed by atoms with Gasteiger partial charge >= 0.3 is 0 Å². The number of Topliss-reactive ketones (excluding diaryl/α,β-unsaturated/α-hetero) is 1. The average molecular weight is 604 g/mol. The van der Waals surface area contributed by atoms with Gasteiger partial charge in [0.2, 0.25) is 11.8 Å². The smallest absolute Gasteiger partial charge is 0.227 e. The van der Waals surface area contributed by atoms with E-state index in [-0.39, 0.29) is 30.4 Å². The third-order valence-corrected chi connectivity index (χ3v) is 8.38. The Labute approximate surface area is 260 Å². The monoisotopic (exact) mass is 603 g/mol. The number of ether oxygens (including phenoxy) is 2. The molecule has 1 aliphatic heterocycles. The normalized spacial score (nSPS) is 12.9. The van der Waals surface area contributed by atoms with Crippen LogP contribution < -0.4 is 10.2 Å². The number of amides is 2. The van der Waals surface area contributed by atoms with E-state index in [0.29, 0.717) is 51.4 Å². The van der Waals surface area contributed by atoms with Crippen LogP contribution in [0, 0.1) is 5.41 Å². The van der Waals surface area contributed by atoms with Gasteiger partial charge in [0.05, 0.1) is 36.7 Å². The second-order valence-electron chi connectivity index (χ2n) is 12.6. The van der Waals surface area contributed by atoms with Crippen LogP contribution in [-0.4, -0.2) is 65.1 Å². The van der Waals surface area contributed by atoms with E-state index >= 15 is 0 Å². The lowest BCUT2D eigenvalue weighted by Gasteiger charge is -2.29. The maximum absolute atomic E-state index is 13.7. The Hall–Kier alpha value is -3.89. The van der Waals surface area contributed by atoms with Crippen LogP contribution in [-0.2, 0) is 36.9 Å². The number of para-hydroxylation sites is 1. The summed E-state index contributed by atoms with van der Waals surface area (Å²) in [6.07, 6.45) is 1.39. The van der Waals surface area contributed by atoms with Gasteiger partial charge in [-0.15, -0.1) is 5.10 Å². The van der Waals surface area contributed by atoms with E-state index in [1.165, 1.54) is 0 Å². The van der Waals surface area contributed by atoms with E-state index in [9.17, 15) is 14.4 Å². The number of rotatable bonds is 14. The lowest BCUT2D eigenvalue weighted by Crippen LogP contribution is -2.35. The van der Waals surface area contributed by atoms with Crippen LogP contribution in [0.5, 0.6) is 0 Å². The second-order valence-corrected chi connectivity index (χ2v) is 12.6. The van der Waals surface area contributed by atoms with Crippen molar-refractivity contribution < 1.29 is 23.9 Å². The lowest BCUT2D eigenvalue weighted by molar-refractivity contribution is -0.127. The molecule has 10 nitrogen and oxygen atoms in total. The van der Waals surface area contributed by atoms with Crippen molar-refractivity contribution in [2.24, 2.45) is 5.41 Å². The molecular formula is C34H45N5O5. The van der Waals surface area contributed by atoms with Crippen molar-refractivity contribution in [2.75, 3.05) is 31.8 Å². The number of aromatic nitrogens is 3. The first-order valence-corrected chi connectivity index (χ1v) is 15.3. The first-order chi connectivity index (χ1) is 20.9. The van der Waals surface area contributed by atoms with Gasteiger partial charge in [0.1, 0.15) is 11.5 Å². The molecule has 1 N–H and O–H groups in total. The van der Waals surface area contributed by atoms with Crippen molar-refractivity contribution >= 4 is 23.3 Å². The van der Waals surface area contributed by atoms with E-state index in [1.807, 2.05) is 80.9 Å². The number of nitrogens with zero attached hydrogens (tertiary/aromatic N) is 4. The van der Waals surface area contributed by atoms with Gasteiger partial charge < -0.3 is 19.7 Å². The molecule has 0 aliphatic carbocycles. The van der Waals surface area contributed by atoms with Crippen molar-refractivity contribution in [2.45, 2.75) is 79.0 Å². The molecule has 0 radical (unpaired) electrons. The van der Waals surface area contributed by atoms with Crippen molar-refractivity contribution in [1.82, 2.24) is 20.3 Å². The van der Waals surface area contributed by atoms with E-state index in [1.54, 1.807) is 18.9 Å². The summed E-state index contributed by atoms with van der Waals surface area (Å²) in [5, 5.41) is 11.9. The molecule has 0 saturated heterocycles. The quantitative estimate of drug-likeness (QED) is 0.270. The van der Waals surface area contributed by atoms with Gasteiger partial charge in [-0.3, -0.25) is 14.4 Å². The topological polar surface area (TPSA) is 116 Å². The second kappa shape index (κ2) is 14.3. The van der Waals surface area contributed by atoms with Gasteiger partial charge in [-0.1, -0.05) is 61.5 Å². The summed E-state index contributed by atoms with van der Waals surface area (Å²) in [7, 11) is 1.66. The summed E-state index contributed by atoms with van der Waals surface area (Å²) in [6.45, 7) is 11.7. The minimum atomic E-state index is -0.456. The molecule has 0 spiro atoms. The van der Waals surface area contributed by atoms with Crippen LogP contribution >= 0.6 is 0 Å². The molecule has 3 aromatic rings. The Morgan fingerprint density at radius 3 is 2.36 bits per heavy atom. The third-order valence-electron chi connectivity index (χ3n) is 8.38. The van der Waals surface area contributed by atoms with Gasteiger partial charge in [0.15, 0.2) is 0 Å². The zero-order valence-electron chi connectivity index (χ0n) is 26.8. The lowest BCUT2D eigenvalue weighted by atomic mass is 9.86. The molecule has 4 rings (SSSR count). The van der Waals surface area contributed by atoms with Crippen LogP contribution in [0.2, 0.25) is 0 Å². The molecule has 1 aliphatic rings. The molecule has 2 heterocycles. The minimum Gasteiger partial charge on any atom is -0.383 e. The highest BCUT2D eigenvalue weighted by molar-refractivity contribution is 6.01. The summed E-state index contributed by atoms with van der Waals surface area (Å²) in [6, 6.07) is 15.7. The molecule has 0 bridgehead atoms. The highest BCUT2D eigenvalue weighted by Crippen LogP contribution is 2.41. The van der Waals surface area contributed by atoms with E-state index < -0.39 is 11.0 Å². The van der Waals surface area contributed by atoms with Crippen molar-refractivity contribution in [3.8, 4) is 22.5 Å². The van der Waals surface area contributed by atoms with Gasteiger partial charge in [-0.2, -0.15) is 0 Å². The highest BCUT2D eigenvalue weighted by atomic mass is 16.5. The van der Waals surface area contributed by atoms with Crippen molar-refractivity contribution in [1.29, 1.82) is 0 Å². The fourth-order valence-electron chi connectivity index (χ4n) is 5.15. The molecule has 0 unspecified atom stereocenters. The molecule has 0 atom stereocenters. The number of ketones is 1. The van der Waals surface area contributed by atoms with E-state index in [4.69, 9.17) is 9.47 Å². The molecule has 0 saturated carbocycles. The van der Waals surface area contributed by atoms with Crippen LogP contribution in [0.15, 0.2) is 48.5 Å². The number of carbonyl (C=O) groups is 3. The Kier molecular flexibility index (Phi) is 10.7. The summed E-state index contributed by atoms with van der Waals surface area (Å²) in [4.78, 5) is 40.0. The Balaban J connectivity index is 1.41. The molecule has 10 heteroatoms. The first-order valence-electron chi connectivity index (χ1n) is 15.3. The summed E-state index contributed by atoms with van der Waals surface area (Å²) in [5.74, 6) is -0.190. The first kappa shape index (κ1) is 33.0. The van der Waals surface area contributed by atoms with Crippen LogP contribution in [0.1, 0.15) is 65.9 Å². The van der Waals surface area contributed by atoms with Crippen LogP contribution in [0.4, 0.5) is 5.69 Å². The molecule has 2 aromatic carbocycles. The summed E-state index contributed by atoms with van der Waals surface area (Å²) in [5.41, 5.74) is 4.20. The number of nitrogens with one attached hydrogen (secondary N) is 1. The Bertz CT molecular complexity index is 1480. The number of benzene rings is 2. The van der Waals surface area contributed by atoms with E-state index in [0.717, 1.165) is 28.1 Å². The third kappa shape index (κ3) is 7.98. The number of hydrogen-bond donors (Lipinski definition) is 1.